The van der Waals surface area contributed by atoms with Crippen molar-refractivity contribution < 1.29 is 23.1 Å². The Morgan fingerprint density at radius 2 is 2.10 bits per heavy atom. The third kappa shape index (κ3) is 2.35. The Hall–Kier alpha value is -1.76. The first kappa shape index (κ1) is 14.2. The van der Waals surface area contributed by atoms with E-state index in [0.29, 0.717) is 29.0 Å². The van der Waals surface area contributed by atoms with E-state index < -0.39 is 24.5 Å². The Balaban J connectivity index is 2.11. The highest BCUT2D eigenvalue weighted by molar-refractivity contribution is 5.93. The molecule has 1 aliphatic heterocycles. The molecule has 0 saturated heterocycles. The number of amides is 2. The molecule has 1 unspecified atom stereocenters. The van der Waals surface area contributed by atoms with Gasteiger partial charge in [-0.3, -0.25) is 4.90 Å². The summed E-state index contributed by atoms with van der Waals surface area (Å²) in [7, 11) is 0. The third-order valence-electron chi connectivity index (χ3n) is 3.95. The van der Waals surface area contributed by atoms with Gasteiger partial charge >= 0.3 is 12.2 Å². The molecule has 114 valence electrons. The number of hydrogen-bond donors (Lipinski definition) is 2. The molecule has 1 aliphatic carbocycles. The Morgan fingerprint density at radius 1 is 1.43 bits per heavy atom. The number of alkyl halides is 3. The van der Waals surface area contributed by atoms with Crippen LogP contribution in [0.2, 0.25) is 0 Å². The fourth-order valence-electron chi connectivity index (χ4n) is 2.85. The van der Waals surface area contributed by atoms with Gasteiger partial charge in [-0.1, -0.05) is 11.6 Å². The molecule has 1 fully saturated rings. The second-order valence-corrected chi connectivity index (χ2v) is 5.68. The number of halogens is 3. The van der Waals surface area contributed by atoms with Gasteiger partial charge < -0.3 is 10.4 Å². The Morgan fingerprint density at radius 3 is 2.67 bits per heavy atom. The van der Waals surface area contributed by atoms with Gasteiger partial charge in [0, 0.05) is 11.5 Å². The van der Waals surface area contributed by atoms with Gasteiger partial charge in [-0.25, -0.2) is 4.79 Å². The Bertz CT molecular complexity index is 598. The lowest BCUT2D eigenvalue weighted by Crippen LogP contribution is -2.58. The molecular formula is C14H15F3N2O2. The quantitative estimate of drug-likeness (QED) is 0.882. The molecule has 1 aromatic carbocycles. The molecule has 0 bridgehead atoms. The first-order valence-electron chi connectivity index (χ1n) is 6.70. The third-order valence-corrected chi connectivity index (χ3v) is 3.95. The normalized spacial score (nSPS) is 25.6. The number of urea groups is 1. The summed E-state index contributed by atoms with van der Waals surface area (Å²) in [4.78, 5) is 12.5. The minimum absolute atomic E-state index is 0.342. The van der Waals surface area contributed by atoms with Crippen LogP contribution in [0.5, 0.6) is 0 Å². The summed E-state index contributed by atoms with van der Waals surface area (Å²) in [5.74, 6) is -0.355. The highest BCUT2D eigenvalue weighted by Gasteiger charge is 2.56. The van der Waals surface area contributed by atoms with Crippen molar-refractivity contribution in [3.63, 3.8) is 0 Å². The number of carbonyl (C=O) groups excluding carboxylic acids is 1. The molecule has 1 aromatic rings. The van der Waals surface area contributed by atoms with Crippen LogP contribution in [0.15, 0.2) is 18.2 Å². The van der Waals surface area contributed by atoms with Crippen molar-refractivity contribution in [2.75, 3.05) is 11.9 Å². The molecule has 1 heterocycles. The van der Waals surface area contributed by atoms with Crippen molar-refractivity contribution in [1.82, 2.24) is 4.90 Å². The zero-order chi connectivity index (χ0) is 15.4. The molecule has 3 rings (SSSR count). The van der Waals surface area contributed by atoms with Crippen LogP contribution in [0.1, 0.15) is 24.0 Å². The molecule has 21 heavy (non-hydrogen) atoms. The van der Waals surface area contributed by atoms with Crippen LogP contribution in [0.4, 0.5) is 23.7 Å². The van der Waals surface area contributed by atoms with Crippen molar-refractivity contribution in [3.8, 4) is 0 Å². The summed E-state index contributed by atoms with van der Waals surface area (Å²) in [6.45, 7) is 0.317. The van der Waals surface area contributed by atoms with Crippen LogP contribution in [0.3, 0.4) is 0 Å². The van der Waals surface area contributed by atoms with E-state index in [2.05, 4.69) is 5.32 Å². The van der Waals surface area contributed by atoms with Gasteiger partial charge in [-0.15, -0.1) is 0 Å². The maximum Gasteiger partial charge on any atom is 0.406 e. The lowest BCUT2D eigenvalue weighted by molar-refractivity contribution is -0.189. The number of hydrogen-bond acceptors (Lipinski definition) is 2. The van der Waals surface area contributed by atoms with E-state index in [1.165, 1.54) is 0 Å². The van der Waals surface area contributed by atoms with Gasteiger partial charge in [0.15, 0.2) is 5.72 Å². The molecule has 0 spiro atoms. The van der Waals surface area contributed by atoms with Crippen molar-refractivity contribution in [2.45, 2.75) is 31.7 Å². The highest BCUT2D eigenvalue weighted by atomic mass is 19.4. The van der Waals surface area contributed by atoms with E-state index in [0.717, 1.165) is 5.56 Å². The summed E-state index contributed by atoms with van der Waals surface area (Å²) < 4.78 is 38.3. The maximum atomic E-state index is 12.8. The largest absolute Gasteiger partial charge is 0.406 e. The Labute approximate surface area is 119 Å². The van der Waals surface area contributed by atoms with E-state index in [1.807, 2.05) is 0 Å². The molecule has 4 nitrogen and oxygen atoms in total. The summed E-state index contributed by atoms with van der Waals surface area (Å²) in [5.41, 5.74) is -0.359. The van der Waals surface area contributed by atoms with E-state index in [4.69, 9.17) is 0 Å². The number of nitrogens with one attached hydrogen (secondary N) is 1. The smallest absolute Gasteiger partial charge is 0.366 e. The molecule has 0 radical (unpaired) electrons. The zero-order valence-corrected chi connectivity index (χ0v) is 11.4. The minimum Gasteiger partial charge on any atom is -0.366 e. The molecule has 2 aliphatic rings. The SMILES string of the molecule is Cc1ccc2c(c1)C(O)(C1CC1)N(CC(F)(F)F)C(=O)N2. The van der Waals surface area contributed by atoms with Crippen LogP contribution in [0.25, 0.3) is 0 Å². The minimum atomic E-state index is -4.57. The van der Waals surface area contributed by atoms with Crippen LogP contribution in [-0.4, -0.2) is 28.8 Å². The number of aryl methyl sites for hydroxylation is 1. The van der Waals surface area contributed by atoms with Gasteiger partial charge in [0.25, 0.3) is 0 Å². The van der Waals surface area contributed by atoms with Crippen molar-refractivity contribution in [2.24, 2.45) is 5.92 Å². The number of rotatable bonds is 2. The standard InChI is InChI=1S/C14H15F3N2O2/c1-8-2-5-11-10(6-8)14(21,9-3-4-9)19(12(20)18-11)7-13(15,16)17/h2,5-6,9,21H,3-4,7H2,1H3,(H,18,20). The van der Waals surface area contributed by atoms with Crippen LogP contribution >= 0.6 is 0 Å². The first-order valence-corrected chi connectivity index (χ1v) is 6.70. The summed E-state index contributed by atoms with van der Waals surface area (Å²) >= 11 is 0. The average molecular weight is 300 g/mol. The van der Waals surface area contributed by atoms with E-state index in [-0.39, 0.29) is 5.92 Å². The average Bonchev–Trinajstić information content (AvgIpc) is 3.19. The van der Waals surface area contributed by atoms with E-state index in [1.54, 1.807) is 25.1 Å². The highest BCUT2D eigenvalue weighted by Crippen LogP contribution is 2.52. The molecule has 1 saturated carbocycles. The molecule has 7 heteroatoms. The number of fused-ring (bicyclic) bond motifs is 1. The van der Waals surface area contributed by atoms with Gasteiger partial charge in [-0.05, 0) is 31.9 Å². The van der Waals surface area contributed by atoms with Gasteiger partial charge in [0.2, 0.25) is 0 Å². The van der Waals surface area contributed by atoms with Gasteiger partial charge in [0.1, 0.15) is 6.54 Å². The van der Waals surface area contributed by atoms with Gasteiger partial charge in [0.05, 0.1) is 5.69 Å². The number of carbonyl (C=O) groups is 1. The number of anilines is 1. The van der Waals surface area contributed by atoms with Crippen molar-refractivity contribution in [1.29, 1.82) is 0 Å². The van der Waals surface area contributed by atoms with E-state index >= 15 is 0 Å². The van der Waals surface area contributed by atoms with Crippen molar-refractivity contribution in [3.05, 3.63) is 29.3 Å². The van der Waals surface area contributed by atoms with Gasteiger partial charge in [-0.2, -0.15) is 13.2 Å². The molecule has 2 amide bonds. The second-order valence-electron chi connectivity index (χ2n) is 5.68. The summed E-state index contributed by atoms with van der Waals surface area (Å²) in [6.07, 6.45) is -3.36. The van der Waals surface area contributed by atoms with Crippen LogP contribution in [0, 0.1) is 12.8 Å². The fourth-order valence-corrected chi connectivity index (χ4v) is 2.85. The summed E-state index contributed by atoms with van der Waals surface area (Å²) in [5, 5.41) is 13.4. The maximum absolute atomic E-state index is 12.8. The van der Waals surface area contributed by atoms with Crippen LogP contribution < -0.4 is 5.32 Å². The number of nitrogens with zero attached hydrogens (tertiary/aromatic N) is 1. The fraction of sp³-hybridized carbons (Fsp3) is 0.500. The lowest BCUT2D eigenvalue weighted by Gasteiger charge is -2.45. The van der Waals surface area contributed by atoms with Crippen molar-refractivity contribution >= 4 is 11.7 Å². The molecular weight excluding hydrogens is 285 g/mol. The molecule has 1 atom stereocenters. The topological polar surface area (TPSA) is 52.6 Å². The summed E-state index contributed by atoms with van der Waals surface area (Å²) in [6, 6.07) is 4.07. The molecule has 2 N–H and O–H groups in total. The number of benzene rings is 1. The number of aliphatic hydroxyl groups is 1. The predicted molar refractivity (Wildman–Crippen MR) is 69.6 cm³/mol. The van der Waals surface area contributed by atoms with Crippen LogP contribution in [-0.2, 0) is 5.72 Å². The second kappa shape index (κ2) is 4.37. The lowest BCUT2D eigenvalue weighted by atomic mass is 9.91. The van der Waals surface area contributed by atoms with E-state index in [9.17, 15) is 23.1 Å². The first-order chi connectivity index (χ1) is 9.72. The predicted octanol–water partition coefficient (Wildman–Crippen LogP) is 2.96. The molecule has 0 aromatic heterocycles. The zero-order valence-electron chi connectivity index (χ0n) is 11.4. The Kier molecular flexibility index (Phi) is 2.95. The monoisotopic (exact) mass is 300 g/mol.